The number of rotatable bonds is 8. The highest BCUT2D eigenvalue weighted by Gasteiger charge is 2.35. The third kappa shape index (κ3) is 5.13. The number of carbonyl (C=O) groups excluding carboxylic acids is 3. The summed E-state index contributed by atoms with van der Waals surface area (Å²) in [6, 6.07) is 9.24. The molecule has 0 unspecified atom stereocenters. The van der Waals surface area contributed by atoms with Gasteiger partial charge in [-0.05, 0) is 31.7 Å². The Morgan fingerprint density at radius 3 is 2.52 bits per heavy atom. The summed E-state index contributed by atoms with van der Waals surface area (Å²) in [6.07, 6.45) is 1.45. The molecule has 0 aromatic heterocycles. The average Bonchev–Trinajstić information content (AvgIpc) is 2.91. The number of primary amides is 1. The summed E-state index contributed by atoms with van der Waals surface area (Å²) in [5.41, 5.74) is 5.94. The van der Waals surface area contributed by atoms with Gasteiger partial charge in [0.1, 0.15) is 12.6 Å². The summed E-state index contributed by atoms with van der Waals surface area (Å²) >= 11 is 0. The maximum atomic E-state index is 12.2. The van der Waals surface area contributed by atoms with Crippen LogP contribution in [0.5, 0.6) is 0 Å². The molecule has 1 aromatic carbocycles. The number of ketones is 1. The van der Waals surface area contributed by atoms with Gasteiger partial charge < -0.3 is 15.8 Å². The number of hydrogen-bond donors (Lipinski definition) is 2. The Hall–Kier alpha value is -2.21. The van der Waals surface area contributed by atoms with Crippen molar-refractivity contribution >= 4 is 17.6 Å². The molecular weight excluding hydrogens is 320 g/mol. The normalized spacial score (nSPS) is 22.4. The average molecular weight is 346 g/mol. The van der Waals surface area contributed by atoms with Crippen molar-refractivity contribution in [3.8, 4) is 0 Å². The molecule has 1 fully saturated rings. The summed E-state index contributed by atoms with van der Waals surface area (Å²) < 4.78 is 5.21. The molecule has 25 heavy (non-hydrogen) atoms. The summed E-state index contributed by atoms with van der Waals surface area (Å²) in [7, 11) is 0. The smallest absolute Gasteiger partial charge is 0.223 e. The van der Waals surface area contributed by atoms with E-state index in [1.54, 1.807) is 13.8 Å². The molecule has 1 aliphatic rings. The van der Waals surface area contributed by atoms with Crippen LogP contribution in [0.1, 0.15) is 38.7 Å². The van der Waals surface area contributed by atoms with Crippen LogP contribution in [0.3, 0.4) is 0 Å². The molecule has 0 aliphatic carbocycles. The SMILES string of the molecule is C[C@@H]1OCC(=O)[C@H]1NC(=O)CC[C@@](C)(CCc1ccccc1)C(N)=O. The highest BCUT2D eigenvalue weighted by Crippen LogP contribution is 2.29. The van der Waals surface area contributed by atoms with E-state index in [9.17, 15) is 14.4 Å². The van der Waals surface area contributed by atoms with Gasteiger partial charge in [-0.3, -0.25) is 14.4 Å². The van der Waals surface area contributed by atoms with Crippen LogP contribution in [0.4, 0.5) is 0 Å². The fourth-order valence-electron chi connectivity index (χ4n) is 2.93. The lowest BCUT2D eigenvalue weighted by Gasteiger charge is -2.26. The zero-order chi connectivity index (χ0) is 18.4. The summed E-state index contributed by atoms with van der Waals surface area (Å²) in [4.78, 5) is 35.8. The number of Topliss-reactive ketones (excluding diaryl/α,β-unsaturated/α-hetero) is 1. The monoisotopic (exact) mass is 346 g/mol. The Bertz CT molecular complexity index is 632. The summed E-state index contributed by atoms with van der Waals surface area (Å²) in [5, 5.41) is 2.70. The molecular formula is C19H26N2O4. The lowest BCUT2D eigenvalue weighted by molar-refractivity contribution is -0.130. The lowest BCUT2D eigenvalue weighted by atomic mass is 9.79. The second-order valence-electron chi connectivity index (χ2n) is 6.94. The first-order valence-corrected chi connectivity index (χ1v) is 8.59. The zero-order valence-electron chi connectivity index (χ0n) is 14.8. The summed E-state index contributed by atoms with van der Waals surface area (Å²) in [6.45, 7) is 3.57. The Balaban J connectivity index is 1.88. The molecule has 1 heterocycles. The van der Waals surface area contributed by atoms with Crippen molar-refractivity contribution in [3.63, 3.8) is 0 Å². The Labute approximate surface area is 148 Å². The van der Waals surface area contributed by atoms with Gasteiger partial charge in [0.15, 0.2) is 5.78 Å². The maximum absolute atomic E-state index is 12.2. The fourth-order valence-corrected chi connectivity index (χ4v) is 2.93. The van der Waals surface area contributed by atoms with Crippen LogP contribution in [0.2, 0.25) is 0 Å². The molecule has 136 valence electrons. The van der Waals surface area contributed by atoms with Gasteiger partial charge in [0.05, 0.1) is 6.10 Å². The van der Waals surface area contributed by atoms with Crippen molar-refractivity contribution in [2.45, 2.75) is 51.7 Å². The third-order valence-electron chi connectivity index (χ3n) is 4.93. The Morgan fingerprint density at radius 1 is 1.28 bits per heavy atom. The van der Waals surface area contributed by atoms with Gasteiger partial charge in [-0.15, -0.1) is 0 Å². The third-order valence-corrected chi connectivity index (χ3v) is 4.93. The van der Waals surface area contributed by atoms with E-state index in [-0.39, 0.29) is 30.8 Å². The van der Waals surface area contributed by atoms with Crippen LogP contribution in [-0.4, -0.2) is 36.4 Å². The molecule has 0 saturated carbocycles. The van der Waals surface area contributed by atoms with Gasteiger partial charge in [-0.25, -0.2) is 0 Å². The van der Waals surface area contributed by atoms with Crippen LogP contribution in [0.15, 0.2) is 30.3 Å². The quantitative estimate of drug-likeness (QED) is 0.742. The largest absolute Gasteiger partial charge is 0.369 e. The van der Waals surface area contributed by atoms with E-state index in [2.05, 4.69) is 5.32 Å². The fraction of sp³-hybridized carbons (Fsp3) is 0.526. The first-order valence-electron chi connectivity index (χ1n) is 8.59. The maximum Gasteiger partial charge on any atom is 0.223 e. The predicted molar refractivity (Wildman–Crippen MR) is 93.7 cm³/mol. The van der Waals surface area contributed by atoms with Gasteiger partial charge >= 0.3 is 0 Å². The molecule has 2 amide bonds. The topological polar surface area (TPSA) is 98.5 Å². The second kappa shape index (κ2) is 8.25. The molecule has 0 bridgehead atoms. The van der Waals surface area contributed by atoms with Crippen molar-refractivity contribution in [2.75, 3.05) is 6.61 Å². The van der Waals surface area contributed by atoms with Gasteiger partial charge in [-0.2, -0.15) is 0 Å². The van der Waals surface area contributed by atoms with E-state index in [1.807, 2.05) is 30.3 Å². The molecule has 1 aliphatic heterocycles. The van der Waals surface area contributed by atoms with E-state index < -0.39 is 17.4 Å². The molecule has 6 heteroatoms. The minimum absolute atomic E-state index is 0.0300. The molecule has 0 spiro atoms. The first-order chi connectivity index (χ1) is 11.8. The molecule has 3 atom stereocenters. The van der Waals surface area contributed by atoms with E-state index in [4.69, 9.17) is 10.5 Å². The predicted octanol–water partition coefficient (Wildman–Crippen LogP) is 1.36. The Kier molecular flexibility index (Phi) is 6.31. The zero-order valence-corrected chi connectivity index (χ0v) is 14.8. The number of carbonyl (C=O) groups is 3. The van der Waals surface area contributed by atoms with E-state index in [1.165, 1.54) is 0 Å². The molecule has 2 rings (SSSR count). The number of ether oxygens (including phenoxy) is 1. The van der Waals surface area contributed by atoms with E-state index in [0.717, 1.165) is 5.56 Å². The molecule has 1 saturated heterocycles. The van der Waals surface area contributed by atoms with Crippen molar-refractivity contribution in [1.82, 2.24) is 5.32 Å². The van der Waals surface area contributed by atoms with E-state index >= 15 is 0 Å². The molecule has 3 N–H and O–H groups in total. The van der Waals surface area contributed by atoms with Crippen molar-refractivity contribution in [2.24, 2.45) is 11.1 Å². The van der Waals surface area contributed by atoms with Crippen LogP contribution in [0, 0.1) is 5.41 Å². The number of amides is 2. The molecule has 0 radical (unpaired) electrons. The van der Waals surface area contributed by atoms with Crippen LogP contribution in [0.25, 0.3) is 0 Å². The molecule has 1 aromatic rings. The second-order valence-corrected chi connectivity index (χ2v) is 6.94. The van der Waals surface area contributed by atoms with Gasteiger partial charge in [0.2, 0.25) is 11.8 Å². The number of nitrogens with one attached hydrogen (secondary N) is 1. The number of benzene rings is 1. The highest BCUT2D eigenvalue weighted by atomic mass is 16.5. The van der Waals surface area contributed by atoms with Gasteiger partial charge in [0, 0.05) is 11.8 Å². The number of hydrogen-bond acceptors (Lipinski definition) is 4. The van der Waals surface area contributed by atoms with Crippen molar-refractivity contribution in [1.29, 1.82) is 0 Å². The minimum Gasteiger partial charge on any atom is -0.369 e. The van der Waals surface area contributed by atoms with E-state index in [0.29, 0.717) is 19.3 Å². The Morgan fingerprint density at radius 2 is 1.96 bits per heavy atom. The molecule has 6 nitrogen and oxygen atoms in total. The minimum atomic E-state index is -0.769. The van der Waals surface area contributed by atoms with Crippen LogP contribution >= 0.6 is 0 Å². The van der Waals surface area contributed by atoms with Crippen LogP contribution < -0.4 is 11.1 Å². The van der Waals surface area contributed by atoms with Crippen molar-refractivity contribution in [3.05, 3.63) is 35.9 Å². The first kappa shape index (κ1) is 19.1. The summed E-state index contributed by atoms with van der Waals surface area (Å²) in [5.74, 6) is -0.796. The van der Waals surface area contributed by atoms with Gasteiger partial charge in [0.25, 0.3) is 0 Å². The lowest BCUT2D eigenvalue weighted by Crippen LogP contribution is -2.44. The standard InChI is InChI=1S/C19H26N2O4/c1-13-17(15(22)12-25-13)21-16(23)9-11-19(2,18(20)24)10-8-14-6-4-3-5-7-14/h3-7,13,17H,8-12H2,1-2H3,(H2,20,24)(H,21,23)/t13-,17-,19+/m0/s1. The number of aryl methyl sites for hydroxylation is 1. The van der Waals surface area contributed by atoms with Crippen LogP contribution in [-0.2, 0) is 25.5 Å². The van der Waals surface area contributed by atoms with Gasteiger partial charge in [-0.1, -0.05) is 37.3 Å². The number of nitrogens with two attached hydrogens (primary N) is 1. The van der Waals surface area contributed by atoms with Crippen molar-refractivity contribution < 1.29 is 19.1 Å². The highest BCUT2D eigenvalue weighted by molar-refractivity contribution is 5.92.